The molecule has 0 bridgehead atoms. The molecule has 0 heterocycles. The Morgan fingerprint density at radius 2 is 0.649 bits per heavy atom. The van der Waals surface area contributed by atoms with E-state index in [-0.39, 0.29) is 18.7 Å². The quantitative estimate of drug-likeness (QED) is 0.0598. The van der Waals surface area contributed by atoms with Crippen molar-refractivity contribution in [2.24, 2.45) is 0 Å². The van der Waals surface area contributed by atoms with E-state index in [2.05, 4.69) is 27.7 Å². The molecule has 0 aliphatic carbocycles. The Morgan fingerprint density at radius 1 is 0.386 bits per heavy atom. The van der Waals surface area contributed by atoms with Gasteiger partial charge in [0.1, 0.15) is 6.04 Å². The Kier molecular flexibility index (Phi) is 40.0. The first-order valence-electron chi connectivity index (χ1n) is 25.6. The second-order valence-corrected chi connectivity index (χ2v) is 18.1. The van der Waals surface area contributed by atoms with E-state index in [4.69, 9.17) is 0 Å². The highest BCUT2D eigenvalue weighted by Crippen LogP contribution is 2.38. The maximum Gasteiger partial charge on any atom is 0.326 e. The summed E-state index contributed by atoms with van der Waals surface area (Å²) in [5.41, 5.74) is -0.537. The number of unbranched alkanes of at least 4 members (excludes halogenated alkanes) is 32. The Labute approximate surface area is 355 Å². The van der Waals surface area contributed by atoms with Crippen LogP contribution in [0.3, 0.4) is 0 Å². The third-order valence-corrected chi connectivity index (χ3v) is 12.7. The van der Waals surface area contributed by atoms with Crippen LogP contribution >= 0.6 is 0 Å². The third-order valence-electron chi connectivity index (χ3n) is 12.7. The van der Waals surface area contributed by atoms with Crippen LogP contribution in [0, 0.1) is 0 Å². The molecule has 57 heavy (non-hydrogen) atoms. The number of aliphatic carboxylic acids is 2. The molecule has 0 fully saturated rings. The zero-order valence-electron chi connectivity index (χ0n) is 38.8. The monoisotopic (exact) mass is 806 g/mol. The molecule has 0 aromatic rings. The van der Waals surface area contributed by atoms with Crippen molar-refractivity contribution >= 4 is 17.8 Å². The minimum Gasteiger partial charge on any atom is -0.481 e. The Hall–Kier alpha value is -1.59. The van der Waals surface area contributed by atoms with Gasteiger partial charge in [-0.2, -0.15) is 0 Å². The van der Waals surface area contributed by atoms with E-state index in [0.29, 0.717) is 6.42 Å². The smallest absolute Gasteiger partial charge is 0.326 e. The molecular formula is C51H99NO5. The summed E-state index contributed by atoms with van der Waals surface area (Å²) in [5, 5.41) is 20.5. The predicted molar refractivity (Wildman–Crippen MR) is 245 cm³/mol. The molecule has 0 aromatic heterocycles. The largest absolute Gasteiger partial charge is 0.481 e. The number of carboxylic acid groups (broad SMARTS) is 2. The number of nitrogens with zero attached hydrogens (tertiary/aromatic N) is 1. The van der Waals surface area contributed by atoms with E-state index in [1.165, 1.54) is 173 Å². The van der Waals surface area contributed by atoms with Gasteiger partial charge in [0.2, 0.25) is 5.91 Å². The summed E-state index contributed by atoms with van der Waals surface area (Å²) in [6, 6.07) is -1.09. The molecule has 0 saturated carbocycles. The van der Waals surface area contributed by atoms with E-state index in [1.807, 2.05) is 4.90 Å². The summed E-state index contributed by atoms with van der Waals surface area (Å²) >= 11 is 0. The number of hydrogen-bond acceptors (Lipinski definition) is 3. The van der Waals surface area contributed by atoms with E-state index in [1.54, 1.807) is 0 Å². The summed E-state index contributed by atoms with van der Waals surface area (Å²) in [5.74, 6) is -2.08. The molecule has 0 aromatic carbocycles. The minimum absolute atomic E-state index is 0.0260. The molecule has 0 saturated heterocycles. The highest BCUT2D eigenvalue weighted by molar-refractivity contribution is 5.85. The fraction of sp³-hybridized carbons (Fsp3) is 0.941. The van der Waals surface area contributed by atoms with Gasteiger partial charge in [0.25, 0.3) is 0 Å². The molecule has 0 radical (unpaired) electrons. The molecule has 1 unspecified atom stereocenters. The van der Waals surface area contributed by atoms with Crippen LogP contribution in [0.15, 0.2) is 0 Å². The lowest BCUT2D eigenvalue weighted by Crippen LogP contribution is -2.59. The fourth-order valence-corrected chi connectivity index (χ4v) is 9.13. The van der Waals surface area contributed by atoms with E-state index in [0.717, 1.165) is 77.0 Å². The van der Waals surface area contributed by atoms with Gasteiger partial charge in [0.15, 0.2) is 0 Å². The van der Waals surface area contributed by atoms with Crippen LogP contribution in [0.4, 0.5) is 0 Å². The van der Waals surface area contributed by atoms with Crippen molar-refractivity contribution in [3.05, 3.63) is 0 Å². The highest BCUT2D eigenvalue weighted by Gasteiger charge is 2.44. The average molecular weight is 806 g/mol. The van der Waals surface area contributed by atoms with Crippen LogP contribution in [0.1, 0.15) is 297 Å². The Bertz CT molecular complexity index is 890. The lowest BCUT2D eigenvalue weighted by molar-refractivity contribution is -0.159. The van der Waals surface area contributed by atoms with Crippen LogP contribution in [0.5, 0.6) is 0 Å². The summed E-state index contributed by atoms with van der Waals surface area (Å²) in [7, 11) is 0. The molecule has 6 heteroatoms. The third kappa shape index (κ3) is 31.9. The lowest BCUT2D eigenvalue weighted by Gasteiger charge is -2.48. The number of carbonyl (C=O) groups excluding carboxylic acids is 1. The van der Waals surface area contributed by atoms with Crippen molar-refractivity contribution in [2.75, 3.05) is 0 Å². The molecule has 1 atom stereocenters. The van der Waals surface area contributed by atoms with Gasteiger partial charge in [0, 0.05) is 18.4 Å². The predicted octanol–water partition coefficient (Wildman–Crippen LogP) is 16.6. The molecule has 0 aliphatic heterocycles. The number of hydrogen-bond donors (Lipinski definition) is 2. The fourth-order valence-electron chi connectivity index (χ4n) is 9.13. The van der Waals surface area contributed by atoms with Gasteiger partial charge >= 0.3 is 11.9 Å². The van der Waals surface area contributed by atoms with Crippen molar-refractivity contribution in [1.82, 2.24) is 4.90 Å². The molecule has 0 aliphatic rings. The highest BCUT2D eigenvalue weighted by atomic mass is 16.4. The number of carboxylic acids is 2. The van der Waals surface area contributed by atoms with Crippen molar-refractivity contribution in [3.8, 4) is 0 Å². The van der Waals surface area contributed by atoms with Gasteiger partial charge in [-0.15, -0.1) is 0 Å². The van der Waals surface area contributed by atoms with E-state index in [9.17, 15) is 24.6 Å². The zero-order chi connectivity index (χ0) is 42.1. The first-order chi connectivity index (χ1) is 27.8. The van der Waals surface area contributed by atoms with Gasteiger partial charge in [-0.1, -0.05) is 252 Å². The van der Waals surface area contributed by atoms with Crippen LogP contribution < -0.4 is 0 Å². The normalized spacial score (nSPS) is 12.3. The van der Waals surface area contributed by atoms with Crippen LogP contribution in [-0.4, -0.2) is 44.5 Å². The number of rotatable bonds is 46. The second kappa shape index (κ2) is 41.2. The topological polar surface area (TPSA) is 94.9 Å². The summed E-state index contributed by atoms with van der Waals surface area (Å²) < 4.78 is 0. The maximum atomic E-state index is 14.6. The minimum atomic E-state index is -1.09. The maximum absolute atomic E-state index is 14.6. The lowest BCUT2D eigenvalue weighted by atomic mass is 9.78. The summed E-state index contributed by atoms with van der Waals surface area (Å²) in [4.78, 5) is 41.5. The van der Waals surface area contributed by atoms with E-state index < -0.39 is 23.5 Å². The van der Waals surface area contributed by atoms with Gasteiger partial charge in [-0.25, -0.2) is 4.79 Å². The van der Waals surface area contributed by atoms with Crippen LogP contribution in [0.2, 0.25) is 0 Å². The van der Waals surface area contributed by atoms with Crippen LogP contribution in [-0.2, 0) is 14.4 Å². The first kappa shape index (κ1) is 55.4. The molecule has 1 amide bonds. The van der Waals surface area contributed by atoms with Crippen LogP contribution in [0.25, 0.3) is 0 Å². The molecule has 6 nitrogen and oxygen atoms in total. The van der Waals surface area contributed by atoms with E-state index >= 15 is 0 Å². The van der Waals surface area contributed by atoms with Crippen molar-refractivity contribution in [1.29, 1.82) is 0 Å². The first-order valence-corrected chi connectivity index (χ1v) is 25.6. The molecule has 0 spiro atoms. The molecule has 0 rings (SSSR count). The van der Waals surface area contributed by atoms with Crippen molar-refractivity contribution < 1.29 is 24.6 Å². The summed E-state index contributed by atoms with van der Waals surface area (Å²) in [6.07, 6.45) is 46.4. The van der Waals surface area contributed by atoms with Crippen molar-refractivity contribution in [2.45, 2.75) is 309 Å². The van der Waals surface area contributed by atoms with Gasteiger partial charge < -0.3 is 15.1 Å². The standard InChI is InChI=1S/C51H99NO5/c1-5-9-13-17-21-23-24-25-26-27-28-29-31-33-37-41-48(53)52(47(50(56)57)42-43-49(54)55)51(44-38-34-19-15-11-7-3,45-39-35-20-16-12-8-4)46-40-36-32-30-22-18-14-10-6-2/h47H,5-46H2,1-4H3,(H,54,55)(H,56,57). The second-order valence-electron chi connectivity index (χ2n) is 18.1. The Balaban J connectivity index is 5.87. The van der Waals surface area contributed by atoms with Gasteiger partial charge in [-0.05, 0) is 32.1 Å². The van der Waals surface area contributed by atoms with Crippen molar-refractivity contribution in [3.63, 3.8) is 0 Å². The summed E-state index contributed by atoms with van der Waals surface area (Å²) in [6.45, 7) is 9.01. The van der Waals surface area contributed by atoms with Gasteiger partial charge in [0.05, 0.1) is 0 Å². The average Bonchev–Trinajstić information content (AvgIpc) is 3.19. The number of carbonyl (C=O) groups is 3. The Morgan fingerprint density at radius 3 is 0.912 bits per heavy atom. The molecule has 338 valence electrons. The SMILES string of the molecule is CCCCCCCCCCCCCCCCCC(=O)N(C(CCC(=O)O)C(=O)O)C(CCCCCCCC)(CCCCCCCC)CCCCCCCCCCC. The molecule has 2 N–H and O–H groups in total. The molecular weight excluding hydrogens is 707 g/mol. The zero-order valence-corrected chi connectivity index (χ0v) is 38.8. The number of amides is 1. The van der Waals surface area contributed by atoms with Gasteiger partial charge in [-0.3, -0.25) is 9.59 Å².